The van der Waals surface area contributed by atoms with Gasteiger partial charge in [-0.3, -0.25) is 9.89 Å². The number of nitrogens with zero attached hydrogens (tertiary/aromatic N) is 5. The maximum atomic E-state index is 12.8. The third-order valence-corrected chi connectivity index (χ3v) is 6.89. The molecule has 1 amide bonds. The Kier molecular flexibility index (Phi) is 7.47. The number of piperidine rings is 1. The van der Waals surface area contributed by atoms with Crippen LogP contribution in [0.1, 0.15) is 32.3 Å². The number of nitrogens with two attached hydrogens (primary N) is 1. The highest BCUT2D eigenvalue weighted by molar-refractivity contribution is 6.05. The second-order valence-electron chi connectivity index (χ2n) is 8.89. The molecule has 4 N–H and O–H groups in total. The first-order chi connectivity index (χ1) is 17.5. The van der Waals surface area contributed by atoms with E-state index >= 15 is 0 Å². The molecule has 5 rings (SSSR count). The highest BCUT2D eigenvalue weighted by Gasteiger charge is 2.43. The van der Waals surface area contributed by atoms with Crippen LogP contribution in [0.4, 0.5) is 0 Å². The molecule has 1 unspecified atom stereocenters. The van der Waals surface area contributed by atoms with Crippen molar-refractivity contribution in [2.75, 3.05) is 27.2 Å². The van der Waals surface area contributed by atoms with Crippen molar-refractivity contribution in [3.8, 4) is 0 Å². The first kappa shape index (κ1) is 25.1. The molecule has 0 saturated carbocycles. The van der Waals surface area contributed by atoms with Crippen LogP contribution in [0.25, 0.3) is 16.6 Å². The standard InChI is InChI=1S/C25H30N8O.C2H6/c1-16(6-9-27-2)25(34)32-11-7-17(8-12-32)24-31(3)21(22-23(26)28-10-13-33(22)24)18-4-5-19-15-29-30-20(19)14-18;1-2/h4-6,9-10,13-15,17,24,27H,1,7-8,11-12H2,2-3H3,(H2,26,28)(H,29,30);1-2H3/b9-6-;. The van der Waals surface area contributed by atoms with Gasteiger partial charge in [0.05, 0.1) is 17.4 Å². The summed E-state index contributed by atoms with van der Waals surface area (Å²) < 4.78 is 0. The third-order valence-electron chi connectivity index (χ3n) is 6.89. The fourth-order valence-corrected chi connectivity index (χ4v) is 5.23. The molecule has 1 fully saturated rings. The van der Waals surface area contributed by atoms with Gasteiger partial charge in [-0.15, -0.1) is 0 Å². The summed E-state index contributed by atoms with van der Waals surface area (Å²) in [7, 11) is 3.92. The molecule has 2 aromatic rings. The summed E-state index contributed by atoms with van der Waals surface area (Å²) in [5.74, 6) is 0.859. The van der Waals surface area contributed by atoms with Gasteiger partial charge in [0.25, 0.3) is 5.91 Å². The lowest BCUT2D eigenvalue weighted by Gasteiger charge is -2.41. The Morgan fingerprint density at radius 2 is 2.00 bits per heavy atom. The monoisotopic (exact) mass is 488 g/mol. The van der Waals surface area contributed by atoms with Crippen molar-refractivity contribution < 1.29 is 4.79 Å². The average molecular weight is 489 g/mol. The molecule has 1 saturated heterocycles. The molecule has 3 aliphatic heterocycles. The van der Waals surface area contributed by atoms with Crippen LogP contribution in [0.15, 0.2) is 71.9 Å². The molecule has 36 heavy (non-hydrogen) atoms. The third kappa shape index (κ3) is 4.48. The number of aromatic nitrogens is 2. The minimum Gasteiger partial charge on any atom is -0.394 e. The average Bonchev–Trinajstić information content (AvgIpc) is 3.50. The summed E-state index contributed by atoms with van der Waals surface area (Å²) >= 11 is 0. The van der Waals surface area contributed by atoms with Crippen molar-refractivity contribution in [2.45, 2.75) is 32.9 Å². The summed E-state index contributed by atoms with van der Waals surface area (Å²) in [4.78, 5) is 23.6. The van der Waals surface area contributed by atoms with E-state index in [-0.39, 0.29) is 12.1 Å². The summed E-state index contributed by atoms with van der Waals surface area (Å²) in [6.07, 6.45) is 10.9. The van der Waals surface area contributed by atoms with E-state index in [4.69, 9.17) is 5.73 Å². The molecule has 9 heteroatoms. The first-order valence-corrected chi connectivity index (χ1v) is 12.5. The highest BCUT2D eigenvalue weighted by Crippen LogP contribution is 2.42. The number of fused-ring (bicyclic) bond motifs is 2. The second kappa shape index (κ2) is 10.7. The zero-order valence-corrected chi connectivity index (χ0v) is 21.5. The molecule has 3 aliphatic rings. The largest absolute Gasteiger partial charge is 0.394 e. The van der Waals surface area contributed by atoms with Crippen LogP contribution >= 0.6 is 0 Å². The molecule has 1 aromatic heterocycles. The molecule has 1 atom stereocenters. The van der Waals surface area contributed by atoms with Gasteiger partial charge in [-0.1, -0.05) is 32.6 Å². The van der Waals surface area contributed by atoms with Crippen LogP contribution in [0.5, 0.6) is 0 Å². The highest BCUT2D eigenvalue weighted by atomic mass is 16.2. The number of carbonyl (C=O) groups is 1. The van der Waals surface area contributed by atoms with E-state index in [1.165, 1.54) is 0 Å². The molecular formula is C27H36N8O. The van der Waals surface area contributed by atoms with E-state index in [9.17, 15) is 4.79 Å². The molecule has 0 radical (unpaired) electrons. The quantitative estimate of drug-likeness (QED) is 0.441. The van der Waals surface area contributed by atoms with E-state index in [2.05, 4.69) is 62.1 Å². The Morgan fingerprint density at radius 3 is 2.72 bits per heavy atom. The Labute approximate surface area is 212 Å². The number of hydrogen-bond acceptors (Lipinski definition) is 7. The van der Waals surface area contributed by atoms with Gasteiger partial charge in [-0.05, 0) is 31.2 Å². The Balaban J connectivity index is 0.00000148. The normalized spacial score (nSPS) is 19.9. The Bertz CT molecular complexity index is 1250. The lowest BCUT2D eigenvalue weighted by atomic mass is 9.92. The van der Waals surface area contributed by atoms with Gasteiger partial charge in [-0.2, -0.15) is 5.10 Å². The lowest BCUT2D eigenvalue weighted by molar-refractivity contribution is -0.128. The number of aliphatic imine (C=N–C) groups is 1. The summed E-state index contributed by atoms with van der Waals surface area (Å²) in [6.45, 7) is 9.32. The predicted octanol–water partition coefficient (Wildman–Crippen LogP) is 3.20. The zero-order chi connectivity index (χ0) is 25.8. The number of rotatable bonds is 5. The second-order valence-corrected chi connectivity index (χ2v) is 8.89. The smallest absolute Gasteiger partial charge is 0.253 e. The van der Waals surface area contributed by atoms with Crippen molar-refractivity contribution >= 4 is 28.3 Å². The Morgan fingerprint density at radius 1 is 1.25 bits per heavy atom. The van der Waals surface area contributed by atoms with Gasteiger partial charge in [-0.25, -0.2) is 4.99 Å². The number of likely N-dealkylation sites (tertiary alicyclic amines) is 1. The molecule has 4 heterocycles. The number of nitrogens with one attached hydrogen (secondary N) is 2. The van der Waals surface area contributed by atoms with Crippen LogP contribution in [-0.2, 0) is 4.79 Å². The van der Waals surface area contributed by atoms with Gasteiger partial charge in [0.1, 0.15) is 17.7 Å². The van der Waals surface area contributed by atoms with E-state index in [0.29, 0.717) is 30.4 Å². The summed E-state index contributed by atoms with van der Waals surface area (Å²) in [5.41, 5.74) is 10.9. The number of benzene rings is 1. The van der Waals surface area contributed by atoms with Crippen LogP contribution < -0.4 is 11.1 Å². The topological polar surface area (TPSA) is 106 Å². The van der Waals surface area contributed by atoms with Gasteiger partial charge in [0.15, 0.2) is 0 Å². The number of H-pyrrole nitrogens is 1. The molecular weight excluding hydrogens is 452 g/mol. The van der Waals surface area contributed by atoms with Crippen LogP contribution in [0, 0.1) is 5.92 Å². The van der Waals surface area contributed by atoms with Crippen molar-refractivity contribution in [3.05, 3.63) is 72.5 Å². The number of hydrogen-bond donors (Lipinski definition) is 3. The van der Waals surface area contributed by atoms with Gasteiger partial charge < -0.3 is 25.8 Å². The first-order valence-electron chi connectivity index (χ1n) is 12.5. The van der Waals surface area contributed by atoms with Gasteiger partial charge in [0, 0.05) is 62.0 Å². The number of amides is 1. The van der Waals surface area contributed by atoms with Gasteiger partial charge in [0.2, 0.25) is 0 Å². The molecule has 0 aliphatic carbocycles. The molecule has 1 aromatic carbocycles. The number of aromatic amines is 1. The van der Waals surface area contributed by atoms with Gasteiger partial charge >= 0.3 is 0 Å². The van der Waals surface area contributed by atoms with Crippen LogP contribution in [0.3, 0.4) is 0 Å². The van der Waals surface area contributed by atoms with Crippen molar-refractivity contribution in [2.24, 2.45) is 16.6 Å². The zero-order valence-electron chi connectivity index (χ0n) is 21.5. The SMILES string of the molecule is C=C(/C=C\NC)C(=O)N1CCC(C2N(C)C(c3ccc4cn[nH]c4c3)=C3C(N)=NC=CN32)CC1.CC. The minimum atomic E-state index is -0.00802. The minimum absolute atomic E-state index is 0.00802. The molecule has 9 nitrogen and oxygen atoms in total. The van der Waals surface area contributed by atoms with Crippen LogP contribution in [-0.4, -0.2) is 70.0 Å². The van der Waals surface area contributed by atoms with Crippen molar-refractivity contribution in [3.63, 3.8) is 0 Å². The van der Waals surface area contributed by atoms with E-state index < -0.39 is 0 Å². The summed E-state index contributed by atoms with van der Waals surface area (Å²) in [5, 5.41) is 11.2. The fourth-order valence-electron chi connectivity index (χ4n) is 5.23. The summed E-state index contributed by atoms with van der Waals surface area (Å²) in [6, 6.07) is 6.28. The van der Waals surface area contributed by atoms with E-state index in [1.54, 1.807) is 25.5 Å². The Hall–Kier alpha value is -4.01. The molecule has 190 valence electrons. The number of amidine groups is 1. The molecule has 0 spiro atoms. The molecule has 0 bridgehead atoms. The van der Waals surface area contributed by atoms with Crippen molar-refractivity contribution in [1.29, 1.82) is 0 Å². The van der Waals surface area contributed by atoms with Crippen LogP contribution in [0.2, 0.25) is 0 Å². The van der Waals surface area contributed by atoms with E-state index in [0.717, 1.165) is 40.7 Å². The maximum Gasteiger partial charge on any atom is 0.253 e. The predicted molar refractivity (Wildman–Crippen MR) is 145 cm³/mol. The lowest BCUT2D eigenvalue weighted by Crippen LogP contribution is -2.49. The number of carbonyl (C=O) groups excluding carboxylic acids is 1. The van der Waals surface area contributed by atoms with E-state index in [1.807, 2.05) is 31.1 Å². The fraction of sp³-hybridized carbons (Fsp3) is 0.370. The van der Waals surface area contributed by atoms with Crippen molar-refractivity contribution in [1.82, 2.24) is 30.2 Å². The maximum absolute atomic E-state index is 12.8.